The molecule has 8 nitrogen and oxygen atoms in total. The van der Waals surface area contributed by atoms with Gasteiger partial charge >= 0.3 is 0 Å². The van der Waals surface area contributed by atoms with Gasteiger partial charge in [-0.25, -0.2) is 8.42 Å². The van der Waals surface area contributed by atoms with Crippen LogP contribution in [0.15, 0.2) is 83.8 Å². The smallest absolute Gasteiger partial charge is 0.264 e. The molecule has 0 unspecified atom stereocenters. The quantitative estimate of drug-likeness (QED) is 0.277. The molecule has 0 bridgehead atoms. The Kier molecular flexibility index (Phi) is 10.9. The van der Waals surface area contributed by atoms with Crippen molar-refractivity contribution in [2.45, 2.75) is 62.4 Å². The van der Waals surface area contributed by atoms with Crippen LogP contribution in [0.2, 0.25) is 5.02 Å². The first kappa shape index (κ1) is 31.4. The zero-order chi connectivity index (χ0) is 30.1. The second-order valence-electron chi connectivity index (χ2n) is 10.4. The third-order valence-electron chi connectivity index (χ3n) is 7.61. The first-order chi connectivity index (χ1) is 20.2. The van der Waals surface area contributed by atoms with Gasteiger partial charge in [0.25, 0.3) is 10.0 Å². The molecule has 1 atom stereocenters. The number of hydrogen-bond donors (Lipinski definition) is 1. The summed E-state index contributed by atoms with van der Waals surface area (Å²) in [5.41, 5.74) is 1.30. The second kappa shape index (κ2) is 14.6. The van der Waals surface area contributed by atoms with Crippen LogP contribution in [0, 0.1) is 0 Å². The molecule has 1 saturated carbocycles. The first-order valence-corrected chi connectivity index (χ1v) is 16.1. The highest BCUT2D eigenvalue weighted by molar-refractivity contribution is 7.92. The molecule has 1 fully saturated rings. The molecular weight excluding hydrogens is 574 g/mol. The van der Waals surface area contributed by atoms with E-state index in [0.29, 0.717) is 23.6 Å². The molecule has 2 amide bonds. The van der Waals surface area contributed by atoms with E-state index in [9.17, 15) is 18.0 Å². The molecular formula is C32H38ClN3O5S. The van der Waals surface area contributed by atoms with E-state index in [4.69, 9.17) is 16.3 Å². The monoisotopic (exact) mass is 611 g/mol. The zero-order valence-electron chi connectivity index (χ0n) is 24.0. The van der Waals surface area contributed by atoms with Gasteiger partial charge in [-0.3, -0.25) is 13.9 Å². The van der Waals surface area contributed by atoms with Crippen molar-refractivity contribution < 1.29 is 22.7 Å². The van der Waals surface area contributed by atoms with E-state index in [2.05, 4.69) is 5.32 Å². The Morgan fingerprint density at radius 2 is 1.62 bits per heavy atom. The Morgan fingerprint density at radius 1 is 0.976 bits per heavy atom. The van der Waals surface area contributed by atoms with Crippen molar-refractivity contribution >= 4 is 39.1 Å². The summed E-state index contributed by atoms with van der Waals surface area (Å²) in [6, 6.07) is 21.4. The van der Waals surface area contributed by atoms with Crippen LogP contribution in [0.5, 0.6) is 5.75 Å². The number of halogens is 1. The van der Waals surface area contributed by atoms with Crippen molar-refractivity contribution in [3.8, 4) is 5.75 Å². The highest BCUT2D eigenvalue weighted by atomic mass is 35.5. The highest BCUT2D eigenvalue weighted by Crippen LogP contribution is 2.27. The van der Waals surface area contributed by atoms with Crippen molar-refractivity contribution in [3.63, 3.8) is 0 Å². The van der Waals surface area contributed by atoms with Crippen molar-refractivity contribution in [3.05, 3.63) is 89.4 Å². The standard InChI is InChI=1S/C32H38ClN3O5S/c1-3-30(32(38)34-26-11-7-8-12-26)35(22-21-24-9-5-4-6-10-24)31(37)23-36(27-15-13-25(33)14-16-27)42(39,40)29-19-17-28(41-2)18-20-29/h4-6,9-10,13-20,26,30H,3,7-8,11-12,21-23H2,1-2H3,(H,34,38)/t30-/m1/s1. The molecule has 1 aliphatic carbocycles. The summed E-state index contributed by atoms with van der Waals surface area (Å²) in [5.74, 6) is -0.164. The van der Waals surface area contributed by atoms with Crippen LogP contribution < -0.4 is 14.4 Å². The maximum Gasteiger partial charge on any atom is 0.264 e. The van der Waals surface area contributed by atoms with E-state index in [1.807, 2.05) is 37.3 Å². The number of hydrogen-bond acceptors (Lipinski definition) is 5. The summed E-state index contributed by atoms with van der Waals surface area (Å²) in [7, 11) is -2.67. The van der Waals surface area contributed by atoms with Crippen LogP contribution in [0.25, 0.3) is 0 Å². The lowest BCUT2D eigenvalue weighted by Crippen LogP contribution is -2.54. The topological polar surface area (TPSA) is 96.0 Å². The van der Waals surface area contributed by atoms with Crippen LogP contribution in [0.3, 0.4) is 0 Å². The fourth-order valence-corrected chi connectivity index (χ4v) is 6.81. The minimum atomic E-state index is -4.17. The lowest BCUT2D eigenvalue weighted by molar-refractivity contribution is -0.139. The molecule has 224 valence electrons. The lowest BCUT2D eigenvalue weighted by Gasteiger charge is -2.33. The molecule has 3 aromatic carbocycles. The minimum Gasteiger partial charge on any atom is -0.497 e. The van der Waals surface area contributed by atoms with Gasteiger partial charge in [-0.05, 0) is 79.8 Å². The molecule has 0 saturated heterocycles. The number of rotatable bonds is 13. The fraction of sp³-hybridized carbons (Fsp3) is 0.375. The maximum absolute atomic E-state index is 14.1. The molecule has 0 radical (unpaired) electrons. The van der Waals surface area contributed by atoms with Gasteiger partial charge in [-0.2, -0.15) is 0 Å². The molecule has 0 spiro atoms. The van der Waals surface area contributed by atoms with E-state index >= 15 is 0 Å². The van der Waals surface area contributed by atoms with Gasteiger partial charge in [-0.1, -0.05) is 61.7 Å². The van der Waals surface area contributed by atoms with Gasteiger partial charge in [0, 0.05) is 17.6 Å². The molecule has 1 N–H and O–H groups in total. The molecule has 1 aliphatic rings. The summed E-state index contributed by atoms with van der Waals surface area (Å²) in [6.45, 7) is 1.64. The van der Waals surface area contributed by atoms with Crippen LogP contribution in [0.4, 0.5) is 5.69 Å². The van der Waals surface area contributed by atoms with E-state index in [-0.39, 0.29) is 29.1 Å². The van der Waals surface area contributed by atoms with Crippen molar-refractivity contribution in [1.82, 2.24) is 10.2 Å². The number of methoxy groups -OCH3 is 1. The fourth-order valence-electron chi connectivity index (χ4n) is 5.27. The van der Waals surface area contributed by atoms with Gasteiger partial charge < -0.3 is 15.0 Å². The van der Waals surface area contributed by atoms with Gasteiger partial charge in [0.2, 0.25) is 11.8 Å². The number of amides is 2. The molecule has 10 heteroatoms. The SMILES string of the molecule is CC[C@H](C(=O)NC1CCCC1)N(CCc1ccccc1)C(=O)CN(c1ccc(Cl)cc1)S(=O)(=O)c1ccc(OC)cc1. The van der Waals surface area contributed by atoms with Crippen LogP contribution in [-0.4, -0.2) is 57.4 Å². The molecule has 0 aliphatic heterocycles. The zero-order valence-corrected chi connectivity index (χ0v) is 25.6. The Balaban J connectivity index is 1.67. The summed E-state index contributed by atoms with van der Waals surface area (Å²) in [4.78, 5) is 29.2. The summed E-state index contributed by atoms with van der Waals surface area (Å²) < 4.78 is 34.2. The largest absolute Gasteiger partial charge is 0.497 e. The normalized spacial score (nSPS) is 14.3. The Morgan fingerprint density at radius 3 is 2.21 bits per heavy atom. The van der Waals surface area contributed by atoms with Crippen LogP contribution >= 0.6 is 11.6 Å². The van der Waals surface area contributed by atoms with Gasteiger partial charge in [0.05, 0.1) is 17.7 Å². The number of sulfonamides is 1. The number of anilines is 1. The van der Waals surface area contributed by atoms with Gasteiger partial charge in [-0.15, -0.1) is 0 Å². The minimum absolute atomic E-state index is 0.00732. The third-order valence-corrected chi connectivity index (χ3v) is 9.65. The Hall–Kier alpha value is -3.56. The predicted octanol–water partition coefficient (Wildman–Crippen LogP) is 5.45. The second-order valence-corrected chi connectivity index (χ2v) is 12.7. The van der Waals surface area contributed by atoms with Gasteiger partial charge in [0.15, 0.2) is 0 Å². The van der Waals surface area contributed by atoms with Crippen LogP contribution in [-0.2, 0) is 26.0 Å². The number of nitrogens with zero attached hydrogens (tertiary/aromatic N) is 2. The molecule has 0 aromatic heterocycles. The molecule has 3 aromatic rings. The third kappa shape index (κ3) is 7.83. The number of ether oxygens (including phenoxy) is 1. The number of nitrogens with one attached hydrogen (secondary N) is 1. The first-order valence-electron chi connectivity index (χ1n) is 14.3. The lowest BCUT2D eigenvalue weighted by atomic mass is 10.1. The average molecular weight is 612 g/mol. The van der Waals surface area contributed by atoms with E-state index < -0.39 is 28.5 Å². The van der Waals surface area contributed by atoms with Gasteiger partial charge in [0.1, 0.15) is 18.3 Å². The summed E-state index contributed by atoms with van der Waals surface area (Å²) in [5, 5.41) is 3.57. The number of carbonyl (C=O) groups is 2. The number of benzene rings is 3. The van der Waals surface area contributed by atoms with Crippen molar-refractivity contribution in [2.75, 3.05) is 24.5 Å². The summed E-state index contributed by atoms with van der Waals surface area (Å²) in [6.07, 6.45) is 4.89. The Bertz CT molecular complexity index is 1430. The van der Waals surface area contributed by atoms with E-state index in [1.165, 1.54) is 24.1 Å². The predicted molar refractivity (Wildman–Crippen MR) is 165 cm³/mol. The molecule has 42 heavy (non-hydrogen) atoms. The highest BCUT2D eigenvalue weighted by Gasteiger charge is 2.34. The van der Waals surface area contributed by atoms with Crippen molar-refractivity contribution in [2.24, 2.45) is 0 Å². The van der Waals surface area contributed by atoms with E-state index in [0.717, 1.165) is 35.6 Å². The van der Waals surface area contributed by atoms with E-state index in [1.54, 1.807) is 36.4 Å². The average Bonchev–Trinajstić information content (AvgIpc) is 3.52. The number of carbonyl (C=O) groups excluding carboxylic acids is 2. The summed E-state index contributed by atoms with van der Waals surface area (Å²) >= 11 is 6.10. The Labute approximate surface area is 253 Å². The maximum atomic E-state index is 14.1. The molecule has 0 heterocycles. The van der Waals surface area contributed by atoms with Crippen LogP contribution in [0.1, 0.15) is 44.6 Å². The van der Waals surface area contributed by atoms with Crippen molar-refractivity contribution in [1.29, 1.82) is 0 Å². The molecule has 4 rings (SSSR count).